The van der Waals surface area contributed by atoms with E-state index >= 15 is 0 Å². The maximum atomic E-state index is 7.03. The summed E-state index contributed by atoms with van der Waals surface area (Å²) in [7, 11) is -4.74. The molecule has 0 saturated heterocycles. The van der Waals surface area contributed by atoms with Crippen LogP contribution in [0.5, 0.6) is 0 Å². The molecule has 0 aliphatic rings. The molecule has 0 nitrogen and oxygen atoms in total. The summed E-state index contributed by atoms with van der Waals surface area (Å²) in [6, 6.07) is 0. The molecule has 0 aromatic carbocycles. The second-order valence-electron chi connectivity index (χ2n) is 8.43. The smallest absolute Gasteiger partial charge is 0.0606 e. The van der Waals surface area contributed by atoms with Crippen molar-refractivity contribution in [2.75, 3.05) is 0 Å². The number of hydrogen-bond acceptors (Lipinski definition) is 0. The molecule has 0 saturated carbocycles. The van der Waals surface area contributed by atoms with Crippen LogP contribution in [0.25, 0.3) is 0 Å². The van der Waals surface area contributed by atoms with Crippen LogP contribution in [0.1, 0.15) is 0 Å². The fourth-order valence-electron chi connectivity index (χ4n) is 2.75. The molecule has 0 radical (unpaired) electrons. The molecule has 5 heteroatoms. The zero-order valence-corrected chi connectivity index (χ0v) is 17.7. The predicted octanol–water partition coefficient (Wildman–Crippen LogP) is 4.92. The van der Waals surface area contributed by atoms with E-state index in [9.17, 15) is 0 Å². The lowest BCUT2D eigenvalue weighted by Crippen LogP contribution is -2.78. The fourth-order valence-corrected chi connectivity index (χ4v) is 66.5. The van der Waals surface area contributed by atoms with E-state index in [2.05, 4.69) is 65.5 Å². The SMILES string of the molecule is C[Si](C)(C)C(Cl)[Si](C)([Si](C)(C)C)[Si](C)(C)C. The Kier molecular flexibility index (Phi) is 5.02. The van der Waals surface area contributed by atoms with Crippen molar-refractivity contribution in [1.82, 2.24) is 0 Å². The third-order valence-corrected chi connectivity index (χ3v) is 57.5. The number of rotatable bonds is 4. The molecule has 98 valence electrons. The number of alkyl halides is 1. The van der Waals surface area contributed by atoms with Gasteiger partial charge in [-0.15, -0.1) is 11.6 Å². The van der Waals surface area contributed by atoms with Gasteiger partial charge < -0.3 is 0 Å². The average Bonchev–Trinajstić information content (AvgIpc) is 1.95. The van der Waals surface area contributed by atoms with E-state index in [4.69, 9.17) is 11.6 Å². The van der Waals surface area contributed by atoms with Gasteiger partial charge in [0.05, 0.1) is 15.2 Å². The quantitative estimate of drug-likeness (QED) is 0.510. The van der Waals surface area contributed by atoms with Gasteiger partial charge in [0.2, 0.25) is 0 Å². The Balaban J connectivity index is 5.63. The van der Waals surface area contributed by atoms with Crippen LogP contribution in [0.15, 0.2) is 0 Å². The molecule has 0 N–H and O–H groups in total. The monoisotopic (exact) mass is 310 g/mol. The van der Waals surface area contributed by atoms with Crippen molar-refractivity contribution in [3.63, 3.8) is 0 Å². The molecule has 0 aromatic heterocycles. The van der Waals surface area contributed by atoms with E-state index in [0.717, 1.165) is 0 Å². The molecule has 0 spiro atoms. The van der Waals surface area contributed by atoms with Crippen molar-refractivity contribution < 1.29 is 0 Å². The average molecular weight is 311 g/mol. The first kappa shape index (κ1) is 17.2. The van der Waals surface area contributed by atoms with Crippen molar-refractivity contribution in [3.05, 3.63) is 0 Å². The molecule has 0 amide bonds. The Morgan fingerprint density at radius 3 is 0.938 bits per heavy atom. The largest absolute Gasteiger partial charge is 0.130 e. The molecule has 0 heterocycles. The van der Waals surface area contributed by atoms with Gasteiger partial charge in [-0.3, -0.25) is 0 Å². The highest BCUT2D eigenvalue weighted by Gasteiger charge is 2.57. The summed E-state index contributed by atoms with van der Waals surface area (Å²) in [6.45, 7) is 25.4. The lowest BCUT2D eigenvalue weighted by Gasteiger charge is -2.53. The molecule has 0 aliphatic heterocycles. The van der Waals surface area contributed by atoms with Crippen molar-refractivity contribution >= 4 is 42.0 Å². The number of hydrogen-bond donors (Lipinski definition) is 0. The maximum absolute atomic E-state index is 7.03. The molecule has 1 atom stereocenters. The molecule has 16 heavy (non-hydrogen) atoms. The zero-order valence-electron chi connectivity index (χ0n) is 13.0. The van der Waals surface area contributed by atoms with Crippen LogP contribution in [0.4, 0.5) is 0 Å². The lowest BCUT2D eigenvalue weighted by atomic mass is 11.7. The van der Waals surface area contributed by atoms with Gasteiger partial charge in [-0.1, -0.05) is 65.5 Å². The van der Waals surface area contributed by atoms with Crippen LogP contribution in [-0.4, -0.2) is 35.0 Å². The third-order valence-electron chi connectivity index (χ3n) is 4.38. The Morgan fingerprint density at radius 2 is 0.875 bits per heavy atom. The van der Waals surface area contributed by atoms with Gasteiger partial charge in [-0.25, -0.2) is 0 Å². The van der Waals surface area contributed by atoms with E-state index < -0.39 is 30.4 Å². The topological polar surface area (TPSA) is 0 Å². The first-order valence-corrected chi connectivity index (χ1v) is 21.9. The van der Waals surface area contributed by atoms with Gasteiger partial charge in [-0.2, -0.15) is 0 Å². The highest BCUT2D eigenvalue weighted by atomic mass is 35.5. The summed E-state index contributed by atoms with van der Waals surface area (Å²) < 4.78 is 0.554. The molecular weight excluding hydrogens is 280 g/mol. The summed E-state index contributed by atoms with van der Waals surface area (Å²) >= 11 is 7.03. The fraction of sp³-hybridized carbons (Fsp3) is 1.00. The lowest BCUT2D eigenvalue weighted by molar-refractivity contribution is 1.50. The van der Waals surface area contributed by atoms with Crippen LogP contribution < -0.4 is 0 Å². The minimum absolute atomic E-state index is 0.554. The van der Waals surface area contributed by atoms with Crippen molar-refractivity contribution in [2.45, 2.75) is 70.1 Å². The van der Waals surface area contributed by atoms with Gasteiger partial charge >= 0.3 is 0 Å². The van der Waals surface area contributed by atoms with Gasteiger partial charge in [0.15, 0.2) is 0 Å². The minimum atomic E-state index is -1.29. The first-order chi connectivity index (χ1) is 6.65. The Morgan fingerprint density at radius 1 is 0.625 bits per heavy atom. The van der Waals surface area contributed by atoms with Crippen LogP contribution in [0.2, 0.25) is 65.5 Å². The Hall–Kier alpha value is 1.16. The van der Waals surface area contributed by atoms with Gasteiger partial charge in [-0.05, 0) is 0 Å². The standard InChI is InChI=1S/C11H31ClSi4/c1-13(2,3)11(12)16(10,14(4,5)6)15(7,8)9/h11H,1-10H3. The minimum Gasteiger partial charge on any atom is -0.130 e. The normalized spacial score (nSPS) is 17.4. The molecule has 0 rings (SSSR count). The van der Waals surface area contributed by atoms with Crippen molar-refractivity contribution in [3.8, 4) is 0 Å². The van der Waals surface area contributed by atoms with Crippen LogP contribution in [0, 0.1) is 0 Å². The second kappa shape index (κ2) is 4.68. The zero-order chi connectivity index (χ0) is 13.6. The van der Waals surface area contributed by atoms with Gasteiger partial charge in [0, 0.05) is 19.8 Å². The van der Waals surface area contributed by atoms with Gasteiger partial charge in [0.1, 0.15) is 0 Å². The second-order valence-corrected chi connectivity index (χ2v) is 44.2. The summed E-state index contributed by atoms with van der Waals surface area (Å²) in [6.07, 6.45) is 0. The molecule has 0 aliphatic carbocycles. The summed E-state index contributed by atoms with van der Waals surface area (Å²) in [5.41, 5.74) is 0. The Labute approximate surface area is 112 Å². The van der Waals surface area contributed by atoms with Crippen LogP contribution >= 0.6 is 11.6 Å². The van der Waals surface area contributed by atoms with Crippen molar-refractivity contribution in [1.29, 1.82) is 0 Å². The van der Waals surface area contributed by atoms with Crippen LogP contribution in [0.3, 0.4) is 0 Å². The molecule has 1 unspecified atom stereocenters. The predicted molar refractivity (Wildman–Crippen MR) is 91.3 cm³/mol. The van der Waals surface area contributed by atoms with Crippen LogP contribution in [-0.2, 0) is 0 Å². The van der Waals surface area contributed by atoms with Gasteiger partial charge in [0.25, 0.3) is 0 Å². The van der Waals surface area contributed by atoms with E-state index in [-0.39, 0.29) is 0 Å². The molecule has 0 fully saturated rings. The molecule has 0 bridgehead atoms. The highest BCUT2D eigenvalue weighted by Crippen LogP contribution is 2.38. The van der Waals surface area contributed by atoms with E-state index in [1.54, 1.807) is 0 Å². The maximum Gasteiger partial charge on any atom is 0.0606 e. The van der Waals surface area contributed by atoms with E-state index in [1.165, 1.54) is 0 Å². The summed E-state index contributed by atoms with van der Waals surface area (Å²) in [4.78, 5) is 0. The van der Waals surface area contributed by atoms with E-state index in [1.807, 2.05) is 0 Å². The third kappa shape index (κ3) is 3.13. The summed E-state index contributed by atoms with van der Waals surface area (Å²) in [5, 5.41) is 0. The number of halogens is 1. The van der Waals surface area contributed by atoms with E-state index in [0.29, 0.717) is 4.62 Å². The van der Waals surface area contributed by atoms with Crippen molar-refractivity contribution in [2.24, 2.45) is 0 Å². The first-order valence-electron chi connectivity index (χ1n) is 6.30. The summed E-state index contributed by atoms with van der Waals surface area (Å²) in [5.74, 6) is 0. The Bertz CT molecular complexity index is 230. The molecule has 0 aromatic rings. The highest BCUT2D eigenvalue weighted by molar-refractivity contribution is 7.71. The molecular formula is C11H31ClSi4.